The van der Waals surface area contributed by atoms with E-state index >= 15 is 0 Å². The summed E-state index contributed by atoms with van der Waals surface area (Å²) in [6.45, 7) is 5.44. The summed E-state index contributed by atoms with van der Waals surface area (Å²) in [7, 11) is 0. The number of tetrazole rings is 1. The number of hydrogen-bond donors (Lipinski definition) is 1. The zero-order chi connectivity index (χ0) is 24.6. The molecule has 6 rings (SSSR count). The number of anilines is 1. The second-order valence-electron chi connectivity index (χ2n) is 9.55. The van der Waals surface area contributed by atoms with Crippen molar-refractivity contribution >= 4 is 16.6 Å². The summed E-state index contributed by atoms with van der Waals surface area (Å²) in [6.07, 6.45) is 2.01. The second kappa shape index (κ2) is 9.07. The molecule has 0 fully saturated rings. The Morgan fingerprint density at radius 3 is 2.61 bits per heavy atom. The van der Waals surface area contributed by atoms with Crippen molar-refractivity contribution in [2.24, 2.45) is 0 Å². The first kappa shape index (κ1) is 22.2. The minimum absolute atomic E-state index is 0.112. The second-order valence-corrected chi connectivity index (χ2v) is 9.55. The molecule has 0 aliphatic carbocycles. The molecule has 0 bridgehead atoms. The molecule has 1 atom stereocenters. The molecule has 7 nitrogen and oxygen atoms in total. The number of rotatable bonds is 5. The molecular weight excluding hydrogens is 448 g/mol. The molecule has 180 valence electrons. The Bertz CT molecular complexity index is 1600. The van der Waals surface area contributed by atoms with E-state index in [1.165, 1.54) is 5.56 Å². The number of hydrogen-bond acceptors (Lipinski definition) is 5. The third-order valence-corrected chi connectivity index (χ3v) is 7.20. The quantitative estimate of drug-likeness (QED) is 0.397. The molecule has 1 N–H and O–H groups in total. The van der Waals surface area contributed by atoms with Crippen LogP contribution in [0.25, 0.3) is 10.9 Å². The van der Waals surface area contributed by atoms with Gasteiger partial charge >= 0.3 is 0 Å². The Morgan fingerprint density at radius 2 is 1.75 bits per heavy atom. The number of nitrogens with zero attached hydrogens (tertiary/aromatic N) is 5. The van der Waals surface area contributed by atoms with Gasteiger partial charge in [-0.1, -0.05) is 60.7 Å². The molecule has 0 spiro atoms. The topological polar surface area (TPSA) is 79.7 Å². The molecule has 3 heterocycles. The predicted molar refractivity (Wildman–Crippen MR) is 141 cm³/mol. The van der Waals surface area contributed by atoms with Crippen molar-refractivity contribution in [1.82, 2.24) is 25.2 Å². The average Bonchev–Trinajstić information content (AvgIpc) is 3.35. The van der Waals surface area contributed by atoms with E-state index in [0.29, 0.717) is 17.9 Å². The molecule has 1 aliphatic rings. The van der Waals surface area contributed by atoms with E-state index in [1.54, 1.807) is 0 Å². The van der Waals surface area contributed by atoms with Crippen LogP contribution in [0.2, 0.25) is 0 Å². The lowest BCUT2D eigenvalue weighted by Gasteiger charge is -2.37. The van der Waals surface area contributed by atoms with Gasteiger partial charge < -0.3 is 9.88 Å². The van der Waals surface area contributed by atoms with E-state index in [9.17, 15) is 4.79 Å². The summed E-state index contributed by atoms with van der Waals surface area (Å²) in [4.78, 5) is 19.2. The molecule has 7 heteroatoms. The molecule has 1 aliphatic heterocycles. The van der Waals surface area contributed by atoms with Crippen LogP contribution in [0, 0.1) is 13.8 Å². The molecule has 0 saturated carbocycles. The summed E-state index contributed by atoms with van der Waals surface area (Å²) < 4.78 is 1.82. The number of para-hydroxylation sites is 1. The van der Waals surface area contributed by atoms with Gasteiger partial charge in [0.05, 0.1) is 12.1 Å². The van der Waals surface area contributed by atoms with Gasteiger partial charge in [0.15, 0.2) is 5.82 Å². The summed E-state index contributed by atoms with van der Waals surface area (Å²) in [5.74, 6) is 0.658. The van der Waals surface area contributed by atoms with Gasteiger partial charge in [-0.2, -0.15) is 0 Å². The zero-order valence-corrected chi connectivity index (χ0v) is 20.5. The number of aromatic nitrogens is 5. The molecule has 2 aromatic heterocycles. The Kier molecular flexibility index (Phi) is 5.60. The van der Waals surface area contributed by atoms with Gasteiger partial charge in [-0.3, -0.25) is 4.79 Å². The highest BCUT2D eigenvalue weighted by Crippen LogP contribution is 2.37. The van der Waals surface area contributed by atoms with Crippen LogP contribution in [0.5, 0.6) is 0 Å². The van der Waals surface area contributed by atoms with E-state index in [4.69, 9.17) is 0 Å². The Morgan fingerprint density at radius 1 is 0.972 bits per heavy atom. The van der Waals surface area contributed by atoms with Crippen LogP contribution in [0.1, 0.15) is 46.1 Å². The molecule has 0 radical (unpaired) electrons. The highest BCUT2D eigenvalue weighted by molar-refractivity contribution is 5.85. The van der Waals surface area contributed by atoms with Crippen LogP contribution in [-0.4, -0.2) is 31.7 Å². The first-order valence-corrected chi connectivity index (χ1v) is 12.4. The highest BCUT2D eigenvalue weighted by Gasteiger charge is 2.33. The van der Waals surface area contributed by atoms with Crippen LogP contribution in [0.15, 0.2) is 77.6 Å². The minimum Gasteiger partial charge on any atom is -0.357 e. The maximum atomic E-state index is 13.7. The molecule has 0 unspecified atom stereocenters. The largest absolute Gasteiger partial charge is 0.357 e. The maximum Gasteiger partial charge on any atom is 0.254 e. The lowest BCUT2D eigenvalue weighted by atomic mass is 9.95. The van der Waals surface area contributed by atoms with Crippen LogP contribution in [0.4, 0.5) is 5.69 Å². The van der Waals surface area contributed by atoms with E-state index in [1.807, 2.05) is 41.9 Å². The number of aromatic amines is 1. The fourth-order valence-electron chi connectivity index (χ4n) is 5.35. The van der Waals surface area contributed by atoms with Crippen molar-refractivity contribution in [2.75, 3.05) is 11.4 Å². The van der Waals surface area contributed by atoms with Crippen LogP contribution < -0.4 is 10.5 Å². The van der Waals surface area contributed by atoms with Crippen molar-refractivity contribution in [3.63, 3.8) is 0 Å². The predicted octanol–water partition coefficient (Wildman–Crippen LogP) is 4.72. The lowest BCUT2D eigenvalue weighted by molar-refractivity contribution is 0.555. The highest BCUT2D eigenvalue weighted by atomic mass is 16.1. The smallest absolute Gasteiger partial charge is 0.254 e. The van der Waals surface area contributed by atoms with Gasteiger partial charge in [0.1, 0.15) is 6.04 Å². The van der Waals surface area contributed by atoms with Gasteiger partial charge in [0, 0.05) is 23.2 Å². The van der Waals surface area contributed by atoms with Gasteiger partial charge in [0.25, 0.3) is 5.56 Å². The Labute approximate surface area is 209 Å². The fourth-order valence-corrected chi connectivity index (χ4v) is 5.35. The van der Waals surface area contributed by atoms with E-state index in [0.717, 1.165) is 52.7 Å². The number of nitrogens with one attached hydrogen (secondary N) is 1. The van der Waals surface area contributed by atoms with Gasteiger partial charge in [-0.05, 0) is 71.5 Å². The standard InChI is InChI=1S/C29H28N6O/c1-19-14-15-20(2)26-23(19)17-24(29(36)30-26)27(34-16-8-12-22-11-6-7-13-25(22)34)28-31-32-33-35(28)18-21-9-4-3-5-10-21/h3-7,9-11,13-15,17,27H,8,12,16,18H2,1-2H3,(H,30,36)/t27-/m1/s1. The van der Waals surface area contributed by atoms with Crippen LogP contribution in [-0.2, 0) is 13.0 Å². The van der Waals surface area contributed by atoms with Crippen molar-refractivity contribution in [3.8, 4) is 0 Å². The Balaban J connectivity index is 1.57. The monoisotopic (exact) mass is 476 g/mol. The molecule has 0 amide bonds. The summed E-state index contributed by atoms with van der Waals surface area (Å²) in [5.41, 5.74) is 7.09. The average molecular weight is 477 g/mol. The van der Waals surface area contributed by atoms with Gasteiger partial charge in [-0.25, -0.2) is 4.68 Å². The number of aryl methyl sites for hydroxylation is 3. The molecule has 0 saturated heterocycles. The number of benzene rings is 3. The van der Waals surface area contributed by atoms with Crippen LogP contribution >= 0.6 is 0 Å². The summed E-state index contributed by atoms with van der Waals surface area (Å²) in [5, 5.41) is 14.0. The fraction of sp³-hybridized carbons (Fsp3) is 0.241. The molecule has 36 heavy (non-hydrogen) atoms. The van der Waals surface area contributed by atoms with Crippen molar-refractivity contribution < 1.29 is 0 Å². The minimum atomic E-state index is -0.432. The molecule has 3 aromatic carbocycles. The number of fused-ring (bicyclic) bond motifs is 2. The van der Waals surface area contributed by atoms with E-state index < -0.39 is 6.04 Å². The van der Waals surface area contributed by atoms with Gasteiger partial charge in [-0.15, -0.1) is 5.10 Å². The Hall–Kier alpha value is -4.26. The SMILES string of the molecule is Cc1ccc(C)c2[nH]c(=O)c([C@H](c3nnnn3Cc3ccccc3)N3CCCc4ccccc43)cc12. The summed E-state index contributed by atoms with van der Waals surface area (Å²) in [6, 6.07) is 24.3. The van der Waals surface area contributed by atoms with Gasteiger partial charge in [0.2, 0.25) is 0 Å². The van der Waals surface area contributed by atoms with E-state index in [-0.39, 0.29) is 5.56 Å². The van der Waals surface area contributed by atoms with E-state index in [2.05, 4.69) is 74.8 Å². The first-order chi connectivity index (χ1) is 17.6. The third kappa shape index (κ3) is 3.86. The summed E-state index contributed by atoms with van der Waals surface area (Å²) >= 11 is 0. The molecular formula is C29H28N6O. The number of pyridine rings is 1. The van der Waals surface area contributed by atoms with Crippen molar-refractivity contribution in [2.45, 2.75) is 39.3 Å². The number of H-pyrrole nitrogens is 1. The van der Waals surface area contributed by atoms with Crippen molar-refractivity contribution in [1.29, 1.82) is 0 Å². The first-order valence-electron chi connectivity index (χ1n) is 12.4. The van der Waals surface area contributed by atoms with Crippen LogP contribution in [0.3, 0.4) is 0 Å². The lowest BCUT2D eigenvalue weighted by Crippen LogP contribution is -2.38. The van der Waals surface area contributed by atoms with Crippen molar-refractivity contribution in [3.05, 3.63) is 117 Å². The molecule has 5 aromatic rings. The zero-order valence-electron chi connectivity index (χ0n) is 20.5. The third-order valence-electron chi connectivity index (χ3n) is 7.20. The normalized spacial score (nSPS) is 14.1. The maximum absolute atomic E-state index is 13.7.